The van der Waals surface area contributed by atoms with Gasteiger partial charge in [-0.05, 0) is 28.8 Å². The second-order valence-corrected chi connectivity index (χ2v) is 6.53. The molecule has 1 unspecified atom stereocenters. The quantitative estimate of drug-likeness (QED) is 0.792. The van der Waals surface area contributed by atoms with Crippen LogP contribution in [0.2, 0.25) is 0 Å². The summed E-state index contributed by atoms with van der Waals surface area (Å²) in [6.07, 6.45) is 7.41. The lowest BCUT2D eigenvalue weighted by molar-refractivity contribution is -0.117. The minimum Gasteiger partial charge on any atom is -0.384 e. The van der Waals surface area contributed by atoms with Crippen molar-refractivity contribution in [3.05, 3.63) is 16.4 Å². The first-order valence-electron chi connectivity index (χ1n) is 7.58. The maximum Gasteiger partial charge on any atom is 0.126 e. The zero-order valence-corrected chi connectivity index (χ0v) is 14.4. The Morgan fingerprint density at radius 1 is 1.33 bits per heavy atom. The van der Waals surface area contributed by atoms with E-state index >= 15 is 0 Å². The molecule has 0 radical (unpaired) electrons. The predicted octanol–water partition coefficient (Wildman–Crippen LogP) is 3.06. The third-order valence-corrected chi connectivity index (χ3v) is 5.07. The topological polar surface area (TPSA) is 56.5 Å². The summed E-state index contributed by atoms with van der Waals surface area (Å²) in [4.78, 5) is 0. The van der Waals surface area contributed by atoms with E-state index in [1.165, 1.54) is 12.8 Å². The summed E-state index contributed by atoms with van der Waals surface area (Å²) in [5, 5.41) is 15.3. The van der Waals surface area contributed by atoms with Crippen molar-refractivity contribution in [3.8, 4) is 0 Å². The molecule has 2 rings (SSSR count). The molecular formula is C15H25BrN2O3. The Kier molecular flexibility index (Phi) is 6.22. The molecule has 1 fully saturated rings. The molecule has 1 aromatic heterocycles. The van der Waals surface area contributed by atoms with Gasteiger partial charge in [-0.15, -0.1) is 0 Å². The maximum atomic E-state index is 11.0. The van der Waals surface area contributed by atoms with E-state index in [-0.39, 0.29) is 0 Å². The zero-order chi connectivity index (χ0) is 15.3. The lowest BCUT2D eigenvalue weighted by Gasteiger charge is -2.36. The van der Waals surface area contributed by atoms with Crippen LogP contribution in [0.4, 0.5) is 0 Å². The number of nitrogens with zero attached hydrogens (tertiary/aromatic N) is 2. The van der Waals surface area contributed by atoms with Crippen LogP contribution in [-0.2, 0) is 16.0 Å². The van der Waals surface area contributed by atoms with E-state index < -0.39 is 11.7 Å². The number of rotatable bonds is 6. The van der Waals surface area contributed by atoms with Crippen molar-refractivity contribution >= 4 is 15.9 Å². The van der Waals surface area contributed by atoms with Crippen LogP contribution in [-0.4, -0.2) is 41.3 Å². The van der Waals surface area contributed by atoms with Crippen LogP contribution >= 0.6 is 15.9 Å². The highest BCUT2D eigenvalue weighted by Gasteiger charge is 2.41. The van der Waals surface area contributed by atoms with Gasteiger partial charge in [-0.2, -0.15) is 5.10 Å². The average molecular weight is 361 g/mol. The molecule has 120 valence electrons. The highest BCUT2D eigenvalue weighted by molar-refractivity contribution is 9.10. The Bertz CT molecular complexity index is 442. The van der Waals surface area contributed by atoms with Crippen molar-refractivity contribution in [1.29, 1.82) is 0 Å². The van der Waals surface area contributed by atoms with E-state index in [9.17, 15) is 5.11 Å². The molecule has 1 saturated carbocycles. The van der Waals surface area contributed by atoms with Gasteiger partial charge in [-0.1, -0.05) is 25.7 Å². The van der Waals surface area contributed by atoms with Crippen LogP contribution < -0.4 is 0 Å². The second kappa shape index (κ2) is 7.72. The molecule has 1 atom stereocenters. The lowest BCUT2D eigenvalue weighted by atomic mass is 9.86. The average Bonchev–Trinajstić information content (AvgIpc) is 2.72. The maximum absolute atomic E-state index is 11.0. The van der Waals surface area contributed by atoms with Crippen molar-refractivity contribution in [2.45, 2.75) is 56.8 Å². The summed E-state index contributed by atoms with van der Waals surface area (Å²) < 4.78 is 13.6. The molecule has 1 aliphatic rings. The monoisotopic (exact) mass is 360 g/mol. The number of aliphatic hydroxyl groups excluding tert-OH is 1. The molecule has 6 heteroatoms. The Balaban J connectivity index is 2.28. The van der Waals surface area contributed by atoms with Gasteiger partial charge < -0.3 is 14.6 Å². The second-order valence-electron chi connectivity index (χ2n) is 5.68. The summed E-state index contributed by atoms with van der Waals surface area (Å²) in [6, 6.07) is 0. The molecule has 0 spiro atoms. The lowest BCUT2D eigenvalue weighted by Crippen LogP contribution is -2.39. The minimum absolute atomic E-state index is 0.510. The van der Waals surface area contributed by atoms with Crippen LogP contribution in [0, 0.1) is 0 Å². The summed E-state index contributed by atoms with van der Waals surface area (Å²) in [7, 11) is 3.37. The zero-order valence-electron chi connectivity index (χ0n) is 12.8. The molecular weight excluding hydrogens is 336 g/mol. The van der Waals surface area contributed by atoms with Gasteiger partial charge in [0.1, 0.15) is 6.10 Å². The Morgan fingerprint density at radius 2 is 2.00 bits per heavy atom. The molecule has 1 heterocycles. The van der Waals surface area contributed by atoms with Crippen LogP contribution in [0.25, 0.3) is 0 Å². The fourth-order valence-electron chi connectivity index (χ4n) is 3.17. The van der Waals surface area contributed by atoms with Crippen molar-refractivity contribution in [2.75, 3.05) is 20.8 Å². The SMILES string of the molecule is COCCn1ncc(Br)c1C(O)C1(OC)CCCCCC1. The van der Waals surface area contributed by atoms with Gasteiger partial charge in [0.05, 0.1) is 35.1 Å². The molecule has 0 amide bonds. The fraction of sp³-hybridized carbons (Fsp3) is 0.800. The number of aromatic nitrogens is 2. The highest BCUT2D eigenvalue weighted by Crippen LogP contribution is 2.42. The largest absolute Gasteiger partial charge is 0.384 e. The first kappa shape index (κ1) is 16.9. The van der Waals surface area contributed by atoms with Crippen molar-refractivity contribution in [2.24, 2.45) is 0 Å². The van der Waals surface area contributed by atoms with Gasteiger partial charge in [-0.25, -0.2) is 0 Å². The molecule has 1 N–H and O–H groups in total. The van der Waals surface area contributed by atoms with E-state index in [0.29, 0.717) is 13.2 Å². The van der Waals surface area contributed by atoms with E-state index in [2.05, 4.69) is 21.0 Å². The van der Waals surface area contributed by atoms with Gasteiger partial charge in [0, 0.05) is 14.2 Å². The summed E-state index contributed by atoms with van der Waals surface area (Å²) >= 11 is 3.51. The standard InChI is InChI=1S/C15H25BrN2O3/c1-20-10-9-18-13(12(16)11-17-18)14(19)15(21-2)7-5-3-4-6-8-15/h11,14,19H,3-10H2,1-2H3. The van der Waals surface area contributed by atoms with Gasteiger partial charge in [0.2, 0.25) is 0 Å². The number of ether oxygens (including phenoxy) is 2. The Labute approximate surface area is 134 Å². The van der Waals surface area contributed by atoms with Crippen LogP contribution in [0.5, 0.6) is 0 Å². The molecule has 0 saturated heterocycles. The van der Waals surface area contributed by atoms with Crippen LogP contribution in [0.1, 0.15) is 50.3 Å². The number of aliphatic hydroxyl groups is 1. The molecule has 5 nitrogen and oxygen atoms in total. The normalized spacial score (nSPS) is 20.2. The summed E-state index contributed by atoms with van der Waals surface area (Å²) in [5.74, 6) is 0. The van der Waals surface area contributed by atoms with Crippen LogP contribution in [0.3, 0.4) is 0 Å². The first-order chi connectivity index (χ1) is 10.1. The van der Waals surface area contributed by atoms with E-state index in [1.54, 1.807) is 20.4 Å². The van der Waals surface area contributed by atoms with E-state index in [4.69, 9.17) is 9.47 Å². The molecule has 0 aromatic carbocycles. The molecule has 1 aliphatic carbocycles. The van der Waals surface area contributed by atoms with Gasteiger partial charge in [0.25, 0.3) is 0 Å². The van der Waals surface area contributed by atoms with Gasteiger partial charge in [-0.3, -0.25) is 4.68 Å². The molecule has 1 aromatic rings. The van der Waals surface area contributed by atoms with Crippen molar-refractivity contribution in [1.82, 2.24) is 9.78 Å². The number of hydrogen-bond acceptors (Lipinski definition) is 4. The van der Waals surface area contributed by atoms with Gasteiger partial charge in [0.15, 0.2) is 0 Å². The Hall–Kier alpha value is -0.430. The van der Waals surface area contributed by atoms with Crippen LogP contribution in [0.15, 0.2) is 10.7 Å². The molecule has 0 bridgehead atoms. The third kappa shape index (κ3) is 3.67. The first-order valence-corrected chi connectivity index (χ1v) is 8.37. The highest BCUT2D eigenvalue weighted by atomic mass is 79.9. The van der Waals surface area contributed by atoms with Gasteiger partial charge >= 0.3 is 0 Å². The van der Waals surface area contributed by atoms with Crippen molar-refractivity contribution in [3.63, 3.8) is 0 Å². The van der Waals surface area contributed by atoms with E-state index in [0.717, 1.165) is 35.8 Å². The Morgan fingerprint density at radius 3 is 2.57 bits per heavy atom. The van der Waals surface area contributed by atoms with Crippen molar-refractivity contribution < 1.29 is 14.6 Å². The fourth-order valence-corrected chi connectivity index (χ4v) is 3.68. The minimum atomic E-state index is -0.686. The number of methoxy groups -OCH3 is 2. The smallest absolute Gasteiger partial charge is 0.126 e. The number of halogens is 1. The summed E-state index contributed by atoms with van der Waals surface area (Å²) in [6.45, 7) is 1.18. The summed E-state index contributed by atoms with van der Waals surface area (Å²) in [5.41, 5.74) is 0.278. The predicted molar refractivity (Wildman–Crippen MR) is 84.2 cm³/mol. The third-order valence-electron chi connectivity index (χ3n) is 4.45. The number of hydrogen-bond donors (Lipinski definition) is 1. The van der Waals surface area contributed by atoms with E-state index in [1.807, 2.05) is 4.68 Å². The molecule has 0 aliphatic heterocycles. The molecule has 21 heavy (non-hydrogen) atoms.